The van der Waals surface area contributed by atoms with E-state index in [-0.39, 0.29) is 0 Å². The number of nitrogens with zero attached hydrogens (tertiary/aromatic N) is 3. The van der Waals surface area contributed by atoms with E-state index in [9.17, 15) is 0 Å². The Morgan fingerprint density at radius 2 is 2.14 bits per heavy atom. The Balaban J connectivity index is 2.10. The molecular weight excluding hydrogens is 278 g/mol. The summed E-state index contributed by atoms with van der Waals surface area (Å²) in [6.07, 6.45) is 5.60. The van der Waals surface area contributed by atoms with Crippen molar-refractivity contribution in [1.82, 2.24) is 14.5 Å². The molecule has 1 atom stereocenters. The first-order valence-corrected chi connectivity index (χ1v) is 7.87. The van der Waals surface area contributed by atoms with Gasteiger partial charge in [-0.3, -0.25) is 4.90 Å². The maximum atomic E-state index is 5.52. The van der Waals surface area contributed by atoms with Crippen molar-refractivity contribution in [3.05, 3.63) is 42.4 Å². The number of hydrogen-bond acceptors (Lipinski definition) is 4. The first-order valence-electron chi connectivity index (χ1n) is 7.87. The van der Waals surface area contributed by atoms with Crippen LogP contribution >= 0.6 is 0 Å². The van der Waals surface area contributed by atoms with Gasteiger partial charge in [-0.1, -0.05) is 13.8 Å². The van der Waals surface area contributed by atoms with Gasteiger partial charge in [-0.25, -0.2) is 4.98 Å². The molecule has 2 rings (SSSR count). The van der Waals surface area contributed by atoms with E-state index in [0.29, 0.717) is 18.6 Å². The van der Waals surface area contributed by atoms with Gasteiger partial charge in [0.2, 0.25) is 0 Å². The van der Waals surface area contributed by atoms with Gasteiger partial charge in [0.25, 0.3) is 0 Å². The molecule has 5 heteroatoms. The summed E-state index contributed by atoms with van der Waals surface area (Å²) in [6, 6.07) is 4.41. The summed E-state index contributed by atoms with van der Waals surface area (Å²) in [5, 5.41) is 0. The quantitative estimate of drug-likeness (QED) is 0.714. The van der Waals surface area contributed by atoms with Crippen molar-refractivity contribution >= 4 is 0 Å². The van der Waals surface area contributed by atoms with Gasteiger partial charge in [0.1, 0.15) is 11.6 Å². The zero-order chi connectivity index (χ0) is 15.9. The SMILES string of the molecule is COCCn1ccnc1CN(Cc1ccco1)[C@@H](C)C(C)C. The Labute approximate surface area is 132 Å². The van der Waals surface area contributed by atoms with E-state index in [4.69, 9.17) is 9.15 Å². The van der Waals surface area contributed by atoms with Gasteiger partial charge in [-0.2, -0.15) is 0 Å². The van der Waals surface area contributed by atoms with Gasteiger partial charge in [0, 0.05) is 32.1 Å². The molecule has 0 bridgehead atoms. The standard InChI is InChI=1S/C17H27N3O2/c1-14(2)15(3)20(12-16-6-5-10-22-16)13-17-18-7-8-19(17)9-11-21-4/h5-8,10,14-15H,9,11-13H2,1-4H3/t15-/m0/s1. The fourth-order valence-corrected chi connectivity index (χ4v) is 2.43. The Hall–Kier alpha value is -1.59. The molecule has 0 saturated carbocycles. The van der Waals surface area contributed by atoms with Crippen molar-refractivity contribution in [2.45, 2.75) is 46.4 Å². The highest BCUT2D eigenvalue weighted by atomic mass is 16.5. The van der Waals surface area contributed by atoms with Gasteiger partial charge in [-0.05, 0) is 25.0 Å². The second-order valence-electron chi connectivity index (χ2n) is 6.00. The highest BCUT2D eigenvalue weighted by Gasteiger charge is 2.20. The maximum Gasteiger partial charge on any atom is 0.122 e. The van der Waals surface area contributed by atoms with Crippen LogP contribution in [0.3, 0.4) is 0 Å². The lowest BCUT2D eigenvalue weighted by molar-refractivity contribution is 0.133. The maximum absolute atomic E-state index is 5.52. The average Bonchev–Trinajstić information content (AvgIpc) is 3.15. The van der Waals surface area contributed by atoms with E-state index in [1.54, 1.807) is 13.4 Å². The molecule has 0 unspecified atom stereocenters. The number of hydrogen-bond donors (Lipinski definition) is 0. The summed E-state index contributed by atoms with van der Waals surface area (Å²) in [5.74, 6) is 2.62. The summed E-state index contributed by atoms with van der Waals surface area (Å²) >= 11 is 0. The smallest absolute Gasteiger partial charge is 0.122 e. The van der Waals surface area contributed by atoms with Crippen molar-refractivity contribution in [2.24, 2.45) is 5.92 Å². The summed E-state index contributed by atoms with van der Waals surface area (Å²) in [5.41, 5.74) is 0. The van der Waals surface area contributed by atoms with Crippen LogP contribution in [0, 0.1) is 5.92 Å². The van der Waals surface area contributed by atoms with Crippen molar-refractivity contribution in [3.63, 3.8) is 0 Å². The minimum absolute atomic E-state index is 0.442. The first-order chi connectivity index (χ1) is 10.6. The molecule has 5 nitrogen and oxygen atoms in total. The lowest BCUT2D eigenvalue weighted by atomic mass is 10.0. The predicted molar refractivity (Wildman–Crippen MR) is 86.4 cm³/mol. The third-order valence-corrected chi connectivity index (χ3v) is 4.16. The number of aromatic nitrogens is 2. The molecule has 22 heavy (non-hydrogen) atoms. The number of imidazole rings is 1. The van der Waals surface area contributed by atoms with E-state index in [0.717, 1.165) is 31.2 Å². The summed E-state index contributed by atoms with van der Waals surface area (Å²) < 4.78 is 12.8. The van der Waals surface area contributed by atoms with Crippen LogP contribution in [0.1, 0.15) is 32.4 Å². The van der Waals surface area contributed by atoms with E-state index in [1.165, 1.54) is 0 Å². The van der Waals surface area contributed by atoms with Gasteiger partial charge >= 0.3 is 0 Å². The Kier molecular flexibility index (Phi) is 6.21. The molecule has 122 valence electrons. The summed E-state index contributed by atoms with van der Waals surface area (Å²) in [6.45, 7) is 9.88. The van der Waals surface area contributed by atoms with E-state index in [1.807, 2.05) is 24.5 Å². The van der Waals surface area contributed by atoms with Crippen molar-refractivity contribution in [1.29, 1.82) is 0 Å². The molecule has 0 spiro atoms. The number of methoxy groups -OCH3 is 1. The number of furan rings is 1. The molecule has 0 amide bonds. The molecule has 0 aliphatic carbocycles. The second-order valence-corrected chi connectivity index (χ2v) is 6.00. The summed E-state index contributed by atoms with van der Waals surface area (Å²) in [7, 11) is 1.72. The van der Waals surface area contributed by atoms with E-state index in [2.05, 4.69) is 35.2 Å². The number of rotatable bonds is 9. The molecule has 2 aromatic rings. The lowest BCUT2D eigenvalue weighted by Crippen LogP contribution is -2.36. The lowest BCUT2D eigenvalue weighted by Gasteiger charge is -2.31. The zero-order valence-corrected chi connectivity index (χ0v) is 14.0. The fraction of sp³-hybridized carbons (Fsp3) is 0.588. The topological polar surface area (TPSA) is 43.4 Å². The third kappa shape index (κ3) is 4.45. The van der Waals surface area contributed by atoms with Crippen molar-refractivity contribution < 1.29 is 9.15 Å². The van der Waals surface area contributed by atoms with Crippen LogP contribution in [0.15, 0.2) is 35.2 Å². The van der Waals surface area contributed by atoms with Crippen LogP contribution in [-0.4, -0.2) is 34.2 Å². The Morgan fingerprint density at radius 1 is 1.32 bits per heavy atom. The van der Waals surface area contributed by atoms with Crippen LogP contribution < -0.4 is 0 Å². The highest BCUT2D eigenvalue weighted by molar-refractivity contribution is 5.00. The summed E-state index contributed by atoms with van der Waals surface area (Å²) in [4.78, 5) is 6.93. The fourth-order valence-electron chi connectivity index (χ4n) is 2.43. The highest BCUT2D eigenvalue weighted by Crippen LogP contribution is 2.17. The molecule has 2 heterocycles. The van der Waals surface area contributed by atoms with Gasteiger partial charge < -0.3 is 13.7 Å². The molecule has 0 fully saturated rings. The first kappa shape index (κ1) is 16.8. The minimum atomic E-state index is 0.442. The third-order valence-electron chi connectivity index (χ3n) is 4.16. The zero-order valence-electron chi connectivity index (χ0n) is 14.0. The van der Waals surface area contributed by atoms with Crippen LogP contribution in [-0.2, 0) is 24.4 Å². The van der Waals surface area contributed by atoms with Crippen LogP contribution in [0.2, 0.25) is 0 Å². The minimum Gasteiger partial charge on any atom is -0.468 e. The average molecular weight is 305 g/mol. The molecule has 0 N–H and O–H groups in total. The second kappa shape index (κ2) is 8.15. The van der Waals surface area contributed by atoms with E-state index < -0.39 is 0 Å². The van der Waals surface area contributed by atoms with Gasteiger partial charge in [0.05, 0.1) is 26.0 Å². The monoisotopic (exact) mass is 305 g/mol. The molecule has 0 radical (unpaired) electrons. The van der Waals surface area contributed by atoms with Crippen LogP contribution in [0.5, 0.6) is 0 Å². The molecule has 0 saturated heterocycles. The van der Waals surface area contributed by atoms with Gasteiger partial charge in [0.15, 0.2) is 0 Å². The van der Waals surface area contributed by atoms with Crippen molar-refractivity contribution in [2.75, 3.05) is 13.7 Å². The number of ether oxygens (including phenoxy) is 1. The largest absolute Gasteiger partial charge is 0.468 e. The Morgan fingerprint density at radius 3 is 2.77 bits per heavy atom. The van der Waals surface area contributed by atoms with Gasteiger partial charge in [-0.15, -0.1) is 0 Å². The normalized spacial score (nSPS) is 13.2. The van der Waals surface area contributed by atoms with Crippen LogP contribution in [0.25, 0.3) is 0 Å². The van der Waals surface area contributed by atoms with E-state index >= 15 is 0 Å². The Bertz CT molecular complexity index is 534. The predicted octanol–water partition coefficient (Wildman–Crippen LogP) is 3.17. The van der Waals surface area contributed by atoms with Crippen LogP contribution in [0.4, 0.5) is 0 Å². The molecule has 0 aliphatic heterocycles. The molecule has 2 aromatic heterocycles. The van der Waals surface area contributed by atoms with Crippen molar-refractivity contribution in [3.8, 4) is 0 Å². The molecule has 0 aromatic carbocycles. The molecule has 0 aliphatic rings. The molecular formula is C17H27N3O2.